The Morgan fingerprint density at radius 2 is 2.22 bits per heavy atom. The Morgan fingerprint density at radius 1 is 1.30 bits per heavy atom. The molecule has 2 aliphatic heterocycles. The number of ether oxygens (including phenoxy) is 2. The second-order valence-electron chi connectivity index (χ2n) is 6.21. The molecular weight excluding hydrogens is 352 g/mol. The van der Waals surface area contributed by atoms with E-state index in [1.807, 2.05) is 6.07 Å². The number of hydrogen-bond donors (Lipinski definition) is 3. The lowest BCUT2D eigenvalue weighted by molar-refractivity contribution is -0.123. The summed E-state index contributed by atoms with van der Waals surface area (Å²) in [6, 6.07) is 4.90. The Morgan fingerprint density at radius 3 is 3.19 bits per heavy atom. The molecule has 3 aromatic rings. The van der Waals surface area contributed by atoms with Gasteiger partial charge in [-0.25, -0.2) is 4.98 Å². The maximum Gasteiger partial charge on any atom is 0.258 e. The number of carbonyl (C=O) groups excluding carboxylic acids is 1. The van der Waals surface area contributed by atoms with Crippen LogP contribution >= 0.6 is 0 Å². The molecule has 27 heavy (non-hydrogen) atoms. The minimum atomic E-state index is -0.486. The minimum Gasteiger partial charge on any atom is -0.454 e. The third kappa shape index (κ3) is 2.89. The highest BCUT2D eigenvalue weighted by Crippen LogP contribution is 2.35. The van der Waals surface area contributed by atoms with Gasteiger partial charge in [-0.05, 0) is 18.2 Å². The summed E-state index contributed by atoms with van der Waals surface area (Å²) in [5.74, 6) is 1.87. The van der Waals surface area contributed by atoms with Gasteiger partial charge >= 0.3 is 0 Å². The number of nitrogens with zero attached hydrogens (tertiary/aromatic N) is 3. The summed E-state index contributed by atoms with van der Waals surface area (Å²) in [4.78, 5) is 24.1. The first-order valence-corrected chi connectivity index (χ1v) is 8.54. The van der Waals surface area contributed by atoms with E-state index in [1.165, 1.54) is 0 Å². The molecule has 0 spiro atoms. The summed E-state index contributed by atoms with van der Waals surface area (Å²) >= 11 is 0. The van der Waals surface area contributed by atoms with Gasteiger partial charge < -0.3 is 29.6 Å². The number of imidazole rings is 1. The molecule has 0 fully saturated rings. The van der Waals surface area contributed by atoms with E-state index < -0.39 is 6.04 Å². The molecule has 3 N–H and O–H groups in total. The molecule has 1 atom stereocenters. The van der Waals surface area contributed by atoms with Crippen molar-refractivity contribution in [3.63, 3.8) is 0 Å². The average molecular weight is 368 g/mol. The first kappa shape index (κ1) is 15.8. The van der Waals surface area contributed by atoms with Crippen LogP contribution < -0.4 is 20.1 Å². The fraction of sp³-hybridized carbons (Fsp3) is 0.294. The van der Waals surface area contributed by atoms with E-state index in [4.69, 9.17) is 14.0 Å². The van der Waals surface area contributed by atoms with E-state index in [9.17, 15) is 4.79 Å². The van der Waals surface area contributed by atoms with Crippen molar-refractivity contribution in [1.82, 2.24) is 30.7 Å². The van der Waals surface area contributed by atoms with Crippen molar-refractivity contribution >= 4 is 5.91 Å². The van der Waals surface area contributed by atoms with Gasteiger partial charge in [-0.3, -0.25) is 4.79 Å². The van der Waals surface area contributed by atoms with E-state index in [-0.39, 0.29) is 19.2 Å². The molecule has 0 aliphatic carbocycles. The molecule has 1 amide bonds. The van der Waals surface area contributed by atoms with Gasteiger partial charge in [0.15, 0.2) is 17.3 Å². The smallest absolute Gasteiger partial charge is 0.258 e. The van der Waals surface area contributed by atoms with E-state index in [1.54, 1.807) is 18.5 Å². The molecule has 0 saturated carbocycles. The predicted molar refractivity (Wildman–Crippen MR) is 90.7 cm³/mol. The fourth-order valence-electron chi connectivity index (χ4n) is 3.18. The van der Waals surface area contributed by atoms with Crippen LogP contribution in [0.3, 0.4) is 0 Å². The summed E-state index contributed by atoms with van der Waals surface area (Å²) in [5, 5.41) is 9.91. The van der Waals surface area contributed by atoms with Crippen LogP contribution in [-0.4, -0.2) is 39.4 Å². The van der Waals surface area contributed by atoms with Crippen molar-refractivity contribution in [2.75, 3.05) is 13.3 Å². The molecule has 4 heterocycles. The topological polar surface area (TPSA) is 127 Å². The Labute approximate surface area is 153 Å². The predicted octanol–water partition coefficient (Wildman–Crippen LogP) is 0.692. The first-order chi connectivity index (χ1) is 13.3. The lowest BCUT2D eigenvalue weighted by atomic mass is 10.1. The highest BCUT2D eigenvalue weighted by Gasteiger charge is 2.28. The number of aromatic nitrogens is 4. The van der Waals surface area contributed by atoms with Crippen LogP contribution in [0, 0.1) is 0 Å². The quantitative estimate of drug-likeness (QED) is 0.614. The highest BCUT2D eigenvalue weighted by molar-refractivity contribution is 5.83. The molecule has 10 nitrogen and oxygen atoms in total. The van der Waals surface area contributed by atoms with Gasteiger partial charge in [0.25, 0.3) is 5.89 Å². The summed E-state index contributed by atoms with van der Waals surface area (Å²) in [5.41, 5.74) is 2.44. The van der Waals surface area contributed by atoms with E-state index in [2.05, 4.69) is 30.7 Å². The second kappa shape index (κ2) is 6.40. The minimum absolute atomic E-state index is 0.158. The van der Waals surface area contributed by atoms with Crippen LogP contribution in [-0.2, 0) is 17.8 Å². The number of rotatable bonds is 4. The molecule has 2 aliphatic rings. The van der Waals surface area contributed by atoms with E-state index >= 15 is 0 Å². The number of fused-ring (bicyclic) bond motifs is 2. The molecule has 0 bridgehead atoms. The lowest BCUT2D eigenvalue weighted by Gasteiger charge is -2.21. The lowest BCUT2D eigenvalue weighted by Crippen LogP contribution is -2.41. The van der Waals surface area contributed by atoms with Crippen molar-refractivity contribution < 1.29 is 18.8 Å². The Hall–Kier alpha value is -3.40. The molecule has 0 radical (unpaired) electrons. The average Bonchev–Trinajstić information content (AvgIpc) is 3.45. The van der Waals surface area contributed by atoms with Crippen molar-refractivity contribution in [1.29, 1.82) is 0 Å². The molecule has 2 aromatic heterocycles. The number of amides is 1. The zero-order valence-electron chi connectivity index (χ0n) is 14.2. The van der Waals surface area contributed by atoms with Gasteiger partial charge in [-0.15, -0.1) is 0 Å². The van der Waals surface area contributed by atoms with Gasteiger partial charge in [0.1, 0.15) is 6.04 Å². The normalized spacial score (nSPS) is 17.6. The van der Waals surface area contributed by atoms with E-state index in [0.29, 0.717) is 29.8 Å². The number of carbonyl (C=O) groups is 1. The van der Waals surface area contributed by atoms with Gasteiger partial charge in [0.05, 0.1) is 18.6 Å². The van der Waals surface area contributed by atoms with Crippen LogP contribution in [0.1, 0.15) is 23.3 Å². The third-order valence-corrected chi connectivity index (χ3v) is 4.52. The maximum absolute atomic E-state index is 12.5. The largest absolute Gasteiger partial charge is 0.454 e. The van der Waals surface area contributed by atoms with E-state index in [0.717, 1.165) is 23.4 Å². The van der Waals surface area contributed by atoms with Crippen LogP contribution in [0.25, 0.3) is 11.5 Å². The summed E-state index contributed by atoms with van der Waals surface area (Å²) in [6.45, 7) is 1.07. The van der Waals surface area contributed by atoms with Crippen LogP contribution in [0.15, 0.2) is 29.0 Å². The highest BCUT2D eigenvalue weighted by atomic mass is 16.7. The molecule has 138 valence electrons. The first-order valence-electron chi connectivity index (χ1n) is 8.54. The van der Waals surface area contributed by atoms with Gasteiger partial charge in [0.2, 0.25) is 12.7 Å². The second-order valence-corrected chi connectivity index (χ2v) is 6.21. The summed E-state index contributed by atoms with van der Waals surface area (Å²) in [6.07, 6.45) is 2.43. The number of H-pyrrole nitrogens is 1. The monoisotopic (exact) mass is 368 g/mol. The summed E-state index contributed by atoms with van der Waals surface area (Å²) in [7, 11) is 0. The molecule has 1 aromatic carbocycles. The Balaban J connectivity index is 1.26. The molecule has 0 unspecified atom stereocenters. The van der Waals surface area contributed by atoms with Gasteiger partial charge in [0, 0.05) is 24.2 Å². The third-order valence-electron chi connectivity index (χ3n) is 4.52. The van der Waals surface area contributed by atoms with Crippen LogP contribution in [0.4, 0.5) is 0 Å². The molecule has 0 saturated heterocycles. The summed E-state index contributed by atoms with van der Waals surface area (Å²) < 4.78 is 15.9. The standard InChI is InChI=1S/C17H16N6O4/c24-16(15-14-10(3-4-18-15)20-7-21-14)19-6-13-22-17(27-23-13)9-1-2-11-12(5-9)26-8-25-11/h1-2,5,7,15,18H,3-4,6,8H2,(H,19,24)(H,20,21)/t15-/m0/s1. The van der Waals surface area contributed by atoms with Crippen LogP contribution in [0.5, 0.6) is 11.5 Å². The fourth-order valence-corrected chi connectivity index (χ4v) is 3.18. The molecule has 5 rings (SSSR count). The maximum atomic E-state index is 12.5. The Kier molecular flexibility index (Phi) is 3.75. The number of benzene rings is 1. The Bertz CT molecular complexity index is 997. The van der Waals surface area contributed by atoms with Gasteiger partial charge in [-0.1, -0.05) is 5.16 Å². The van der Waals surface area contributed by atoms with Crippen molar-refractivity contribution in [3.05, 3.63) is 41.7 Å². The van der Waals surface area contributed by atoms with Crippen molar-refractivity contribution in [2.24, 2.45) is 0 Å². The SMILES string of the molecule is O=C(NCc1noc(-c2ccc3c(c2)OCO3)n1)[C@H]1NCCc2[nH]cnc21. The van der Waals surface area contributed by atoms with Crippen molar-refractivity contribution in [3.8, 4) is 23.0 Å². The number of hydrogen-bond acceptors (Lipinski definition) is 8. The zero-order chi connectivity index (χ0) is 18.2. The zero-order valence-corrected chi connectivity index (χ0v) is 14.2. The van der Waals surface area contributed by atoms with Crippen molar-refractivity contribution in [2.45, 2.75) is 19.0 Å². The van der Waals surface area contributed by atoms with Gasteiger partial charge in [-0.2, -0.15) is 4.98 Å². The molecule has 10 heteroatoms. The number of aromatic amines is 1. The van der Waals surface area contributed by atoms with Crippen LogP contribution in [0.2, 0.25) is 0 Å². The number of nitrogens with one attached hydrogen (secondary N) is 3. The molecular formula is C17H16N6O4.